The minimum absolute atomic E-state index is 0.137. The highest BCUT2D eigenvalue weighted by molar-refractivity contribution is 7.90. The molecule has 1 aliphatic heterocycles. The highest BCUT2D eigenvalue weighted by atomic mass is 32.2. The fourth-order valence-electron chi connectivity index (χ4n) is 4.16. The van der Waals surface area contributed by atoms with Crippen LogP contribution in [-0.2, 0) is 14.8 Å². The second-order valence-corrected chi connectivity index (χ2v) is 10.3. The quantitative estimate of drug-likeness (QED) is 0.547. The Morgan fingerprint density at radius 1 is 1.09 bits per heavy atom. The molecular weight excluding hydrogens is 457 g/mol. The topological polar surface area (TPSA) is 101 Å². The van der Waals surface area contributed by atoms with Gasteiger partial charge in [0.1, 0.15) is 16.7 Å². The lowest BCUT2D eigenvalue weighted by Gasteiger charge is -2.38. The lowest BCUT2D eigenvalue weighted by molar-refractivity contribution is 0.0758. The van der Waals surface area contributed by atoms with Gasteiger partial charge in [-0.1, -0.05) is 54.6 Å². The average Bonchev–Trinajstić information content (AvgIpc) is 2.79. The summed E-state index contributed by atoms with van der Waals surface area (Å²) in [6.07, 6.45) is 1.66. The summed E-state index contributed by atoms with van der Waals surface area (Å²) in [5, 5.41) is 11.2. The zero-order valence-electron chi connectivity index (χ0n) is 18.8. The van der Waals surface area contributed by atoms with Crippen molar-refractivity contribution in [2.45, 2.75) is 37.2 Å². The molecule has 1 aliphatic rings. The summed E-state index contributed by atoms with van der Waals surface area (Å²) >= 11 is 0. The molecule has 1 aromatic heterocycles. The van der Waals surface area contributed by atoms with Crippen LogP contribution in [0.5, 0.6) is 0 Å². The van der Waals surface area contributed by atoms with Crippen LogP contribution >= 0.6 is 0 Å². The molecule has 0 amide bonds. The van der Waals surface area contributed by atoms with Gasteiger partial charge in [-0.05, 0) is 38.0 Å². The van der Waals surface area contributed by atoms with E-state index in [1.807, 2.05) is 30.3 Å². The molecular formula is C25H26FN3O4S. The Balaban J connectivity index is 1.63. The van der Waals surface area contributed by atoms with Crippen LogP contribution in [0.15, 0.2) is 77.3 Å². The molecule has 0 radical (unpaired) electrons. The highest BCUT2D eigenvalue weighted by Gasteiger charge is 2.47. The second-order valence-electron chi connectivity index (χ2n) is 8.57. The van der Waals surface area contributed by atoms with Crippen LogP contribution in [0.3, 0.4) is 0 Å². The van der Waals surface area contributed by atoms with E-state index in [-0.39, 0.29) is 24.6 Å². The molecule has 2 N–H and O–H groups in total. The van der Waals surface area contributed by atoms with Gasteiger partial charge in [0.15, 0.2) is 0 Å². The molecule has 1 unspecified atom stereocenters. The molecule has 2 heterocycles. The smallest absolute Gasteiger partial charge is 0.301 e. The summed E-state index contributed by atoms with van der Waals surface area (Å²) in [7, 11) is -4.06. The molecule has 34 heavy (non-hydrogen) atoms. The number of pyridine rings is 1. The number of halogens is 1. The molecule has 0 aliphatic carbocycles. The Morgan fingerprint density at radius 2 is 1.79 bits per heavy atom. The van der Waals surface area contributed by atoms with E-state index in [2.05, 4.69) is 14.7 Å². The van der Waals surface area contributed by atoms with Crippen LogP contribution in [0.2, 0.25) is 0 Å². The van der Waals surface area contributed by atoms with Crippen LogP contribution in [0.1, 0.15) is 42.7 Å². The minimum atomic E-state index is -4.06. The molecule has 0 saturated heterocycles. The zero-order chi connectivity index (χ0) is 24.3. The van der Waals surface area contributed by atoms with E-state index >= 15 is 0 Å². The lowest BCUT2D eigenvalue weighted by Crippen LogP contribution is -2.47. The van der Waals surface area contributed by atoms with Gasteiger partial charge < -0.3 is 15.2 Å². The number of aromatic nitrogens is 1. The maximum absolute atomic E-state index is 14.3. The number of aliphatic hydroxyl groups is 1. The SMILES string of the molecule is CC1(C)OC(NC(CCO)c2ccccc2F)=NS(=O)(=O)[C@H]1c1ccc(-c2ccccc2)nc1. The van der Waals surface area contributed by atoms with Crippen LogP contribution in [0.25, 0.3) is 11.3 Å². The number of sulfonamides is 1. The molecule has 0 saturated carbocycles. The fraction of sp³-hybridized carbons (Fsp3) is 0.280. The molecule has 0 spiro atoms. The molecule has 2 aromatic carbocycles. The van der Waals surface area contributed by atoms with E-state index in [9.17, 15) is 17.9 Å². The molecule has 7 nitrogen and oxygen atoms in total. The maximum atomic E-state index is 14.3. The van der Waals surface area contributed by atoms with Gasteiger partial charge in [0.25, 0.3) is 10.0 Å². The summed E-state index contributed by atoms with van der Waals surface area (Å²) in [5.74, 6) is -0.477. The van der Waals surface area contributed by atoms with Crippen LogP contribution in [0.4, 0.5) is 4.39 Å². The summed E-state index contributed by atoms with van der Waals surface area (Å²) < 4.78 is 50.6. The third-order valence-electron chi connectivity index (χ3n) is 5.65. The fourth-order valence-corrected chi connectivity index (χ4v) is 5.83. The van der Waals surface area contributed by atoms with Gasteiger partial charge >= 0.3 is 6.02 Å². The zero-order valence-corrected chi connectivity index (χ0v) is 19.7. The molecule has 4 rings (SSSR count). The molecule has 2 atom stereocenters. The van der Waals surface area contributed by atoms with Gasteiger partial charge in [-0.2, -0.15) is 0 Å². The van der Waals surface area contributed by atoms with Crippen molar-refractivity contribution < 1.29 is 22.7 Å². The standard InChI is InChI=1S/C25H26FN3O4S/c1-25(2)23(18-12-13-21(27-16-18)17-8-4-3-5-9-17)34(31,32)29-24(33-25)28-22(14-15-30)19-10-6-7-11-20(19)26/h3-13,16,22-23,30H,14-15H2,1-2H3,(H,28,29)/t22?,23-/m0/s1. The second kappa shape index (κ2) is 9.52. The third kappa shape index (κ3) is 4.95. The number of nitrogens with zero attached hydrogens (tertiary/aromatic N) is 2. The van der Waals surface area contributed by atoms with Crippen molar-refractivity contribution in [1.29, 1.82) is 0 Å². The first-order valence-corrected chi connectivity index (χ1v) is 12.4. The number of nitrogens with one attached hydrogen (secondary N) is 1. The number of hydrogen-bond donors (Lipinski definition) is 2. The number of hydrogen-bond acceptors (Lipinski definition) is 6. The lowest BCUT2D eigenvalue weighted by atomic mass is 9.98. The number of aliphatic hydroxyl groups excluding tert-OH is 1. The Hall–Kier alpha value is -3.30. The largest absolute Gasteiger partial charge is 0.457 e. The average molecular weight is 484 g/mol. The van der Waals surface area contributed by atoms with Crippen LogP contribution in [0, 0.1) is 5.82 Å². The predicted molar refractivity (Wildman–Crippen MR) is 128 cm³/mol. The van der Waals surface area contributed by atoms with Gasteiger partial charge in [0.2, 0.25) is 0 Å². The van der Waals surface area contributed by atoms with Crippen molar-refractivity contribution in [3.05, 3.63) is 89.9 Å². The molecule has 0 fully saturated rings. The van der Waals surface area contributed by atoms with Crippen molar-refractivity contribution in [3.63, 3.8) is 0 Å². The van der Waals surface area contributed by atoms with Crippen molar-refractivity contribution in [3.8, 4) is 11.3 Å². The summed E-state index contributed by atoms with van der Waals surface area (Å²) in [6.45, 7) is 3.07. The molecule has 178 valence electrons. The third-order valence-corrected chi connectivity index (χ3v) is 7.51. The van der Waals surface area contributed by atoms with E-state index in [4.69, 9.17) is 4.74 Å². The number of rotatable bonds is 6. The van der Waals surface area contributed by atoms with Crippen molar-refractivity contribution in [2.24, 2.45) is 4.40 Å². The Kier molecular flexibility index (Phi) is 6.67. The van der Waals surface area contributed by atoms with Gasteiger partial charge in [0, 0.05) is 23.9 Å². The van der Waals surface area contributed by atoms with Gasteiger partial charge in [-0.25, -0.2) is 12.8 Å². The highest BCUT2D eigenvalue weighted by Crippen LogP contribution is 2.40. The molecule has 3 aromatic rings. The predicted octanol–water partition coefficient (Wildman–Crippen LogP) is 4.14. The van der Waals surface area contributed by atoms with Crippen molar-refractivity contribution >= 4 is 16.0 Å². The van der Waals surface area contributed by atoms with Gasteiger partial charge in [0.05, 0.1) is 11.7 Å². The number of ether oxygens (including phenoxy) is 1. The number of amidine groups is 1. The summed E-state index contributed by atoms with van der Waals surface area (Å²) in [5.41, 5.74) is 1.18. The van der Waals surface area contributed by atoms with Crippen molar-refractivity contribution in [1.82, 2.24) is 10.3 Å². The van der Waals surface area contributed by atoms with E-state index in [1.165, 1.54) is 12.3 Å². The van der Waals surface area contributed by atoms with E-state index in [0.717, 1.165) is 11.3 Å². The molecule has 0 bridgehead atoms. The van der Waals surface area contributed by atoms with E-state index < -0.39 is 32.7 Å². The van der Waals surface area contributed by atoms with Crippen LogP contribution < -0.4 is 5.32 Å². The van der Waals surface area contributed by atoms with Crippen molar-refractivity contribution in [2.75, 3.05) is 6.61 Å². The molecule has 9 heteroatoms. The van der Waals surface area contributed by atoms with Crippen LogP contribution in [-0.4, -0.2) is 36.7 Å². The normalized spacial score (nSPS) is 19.5. The minimum Gasteiger partial charge on any atom is -0.457 e. The van der Waals surface area contributed by atoms with E-state index in [1.54, 1.807) is 44.2 Å². The Morgan fingerprint density at radius 3 is 2.41 bits per heavy atom. The Bertz CT molecular complexity index is 1280. The summed E-state index contributed by atoms with van der Waals surface area (Å²) in [4.78, 5) is 4.44. The first-order valence-electron chi connectivity index (χ1n) is 10.9. The van der Waals surface area contributed by atoms with E-state index in [0.29, 0.717) is 5.56 Å². The number of benzene rings is 2. The first-order chi connectivity index (χ1) is 16.2. The first kappa shape index (κ1) is 23.8. The maximum Gasteiger partial charge on any atom is 0.301 e. The Labute approximate surface area is 198 Å². The van der Waals surface area contributed by atoms with Gasteiger partial charge in [-0.3, -0.25) is 4.98 Å². The monoisotopic (exact) mass is 483 g/mol. The van der Waals surface area contributed by atoms with Gasteiger partial charge in [-0.15, -0.1) is 4.40 Å². The summed E-state index contributed by atoms with van der Waals surface area (Å²) in [6, 6.07) is 18.2.